The fraction of sp³-hybridized carbons (Fsp3) is 0.320. The lowest BCUT2D eigenvalue weighted by Gasteiger charge is -2.29. The van der Waals surface area contributed by atoms with Gasteiger partial charge in [0, 0.05) is 29.4 Å². The van der Waals surface area contributed by atoms with Gasteiger partial charge in [0.1, 0.15) is 5.69 Å². The highest BCUT2D eigenvalue weighted by atomic mass is 35.5. The Labute approximate surface area is 196 Å². The summed E-state index contributed by atoms with van der Waals surface area (Å²) < 4.78 is 7.66. The number of hydrogen-bond donors (Lipinski definition) is 0. The molecule has 0 N–H and O–H groups in total. The van der Waals surface area contributed by atoms with Gasteiger partial charge in [-0.05, 0) is 75.6 Å². The number of halogens is 1. The Morgan fingerprint density at radius 2 is 1.79 bits per heavy atom. The van der Waals surface area contributed by atoms with Crippen LogP contribution in [0.5, 0.6) is 0 Å². The Balaban J connectivity index is 1.65. The van der Waals surface area contributed by atoms with Crippen LogP contribution in [0.3, 0.4) is 0 Å². The van der Waals surface area contributed by atoms with Crippen LogP contribution < -0.4 is 5.56 Å². The number of rotatable bonds is 3. The number of fused-ring (bicyclic) bond motifs is 1. The fourth-order valence-electron chi connectivity index (χ4n) is 4.32. The molecule has 0 bridgehead atoms. The average molecular weight is 462 g/mol. The quantitative estimate of drug-likeness (QED) is 0.436. The molecule has 4 heterocycles. The molecule has 1 aromatic carbocycles. The van der Waals surface area contributed by atoms with Crippen molar-refractivity contribution in [1.29, 1.82) is 0 Å². The van der Waals surface area contributed by atoms with Gasteiger partial charge in [-0.2, -0.15) is 0 Å². The zero-order valence-corrected chi connectivity index (χ0v) is 19.5. The monoisotopic (exact) mass is 461 g/mol. The fourth-order valence-corrected chi connectivity index (χ4v) is 4.44. The van der Waals surface area contributed by atoms with Crippen LogP contribution in [0, 0.1) is 20.8 Å². The van der Waals surface area contributed by atoms with Crippen molar-refractivity contribution >= 4 is 22.9 Å². The van der Waals surface area contributed by atoms with Crippen LogP contribution in [0.15, 0.2) is 47.4 Å². The molecule has 168 valence electrons. The highest BCUT2D eigenvalue weighted by molar-refractivity contribution is 6.30. The Hall–Kier alpha value is -3.16. The van der Waals surface area contributed by atoms with Crippen molar-refractivity contribution in [2.24, 2.45) is 0 Å². The van der Waals surface area contributed by atoms with Gasteiger partial charge in [-0.15, -0.1) is 0 Å². The molecule has 2 atom stereocenters. The molecular weight excluding hydrogens is 438 g/mol. The zero-order valence-electron chi connectivity index (χ0n) is 18.7. The van der Waals surface area contributed by atoms with E-state index >= 15 is 0 Å². The molecule has 4 aromatic rings. The number of benzene rings is 1. The highest BCUT2D eigenvalue weighted by Gasteiger charge is 2.30. The third kappa shape index (κ3) is 4.14. The molecule has 1 aliphatic heterocycles. The van der Waals surface area contributed by atoms with Crippen LogP contribution in [0.25, 0.3) is 17.0 Å². The summed E-state index contributed by atoms with van der Waals surface area (Å²) in [7, 11) is 0. The SMILES string of the molecule is Cc1cc([C@@H]2C[C@H](c3nc4nc(C)c(C)nc4n(-c4ccc(Cl)cc4)c3=O)CCO2)ccn1. The maximum absolute atomic E-state index is 13.8. The predicted octanol–water partition coefficient (Wildman–Crippen LogP) is 4.78. The number of ether oxygens (including phenoxy) is 1. The predicted molar refractivity (Wildman–Crippen MR) is 127 cm³/mol. The van der Waals surface area contributed by atoms with Crippen molar-refractivity contribution in [2.45, 2.75) is 45.6 Å². The van der Waals surface area contributed by atoms with E-state index in [2.05, 4.69) is 15.0 Å². The Morgan fingerprint density at radius 3 is 2.55 bits per heavy atom. The zero-order chi connectivity index (χ0) is 23.1. The number of hydrogen-bond acceptors (Lipinski definition) is 6. The molecule has 0 spiro atoms. The average Bonchev–Trinajstić information content (AvgIpc) is 2.81. The van der Waals surface area contributed by atoms with Crippen molar-refractivity contribution in [2.75, 3.05) is 6.61 Å². The van der Waals surface area contributed by atoms with E-state index in [-0.39, 0.29) is 17.6 Å². The van der Waals surface area contributed by atoms with Crippen molar-refractivity contribution in [3.8, 4) is 5.69 Å². The van der Waals surface area contributed by atoms with E-state index in [1.165, 1.54) is 0 Å². The molecule has 8 heteroatoms. The van der Waals surface area contributed by atoms with Gasteiger partial charge in [-0.3, -0.25) is 14.3 Å². The second kappa shape index (κ2) is 8.65. The van der Waals surface area contributed by atoms with E-state index in [9.17, 15) is 4.79 Å². The van der Waals surface area contributed by atoms with E-state index in [0.29, 0.717) is 47.1 Å². The second-order valence-corrected chi connectivity index (χ2v) is 8.90. The van der Waals surface area contributed by atoms with Crippen molar-refractivity contribution in [3.05, 3.63) is 86.3 Å². The summed E-state index contributed by atoms with van der Waals surface area (Å²) in [6, 6.07) is 11.2. The summed E-state index contributed by atoms with van der Waals surface area (Å²) in [5.41, 5.74) is 5.47. The summed E-state index contributed by atoms with van der Waals surface area (Å²) in [6.07, 6.45) is 3.06. The van der Waals surface area contributed by atoms with Gasteiger partial charge in [0.25, 0.3) is 5.56 Å². The van der Waals surface area contributed by atoms with Crippen LogP contribution in [0.2, 0.25) is 5.02 Å². The first kappa shape index (κ1) is 21.7. The standard InChI is InChI=1S/C25H24ClN5O2/c1-14-12-17(8-10-27-14)21-13-18(9-11-33-21)22-25(32)31(20-6-4-19(26)5-7-20)24-23(30-22)28-15(2)16(3)29-24/h4-8,10,12,18,21H,9,11,13H2,1-3H3/t18-,21+/m1/s1. The smallest absolute Gasteiger partial charge is 0.278 e. The molecule has 1 fully saturated rings. The van der Waals surface area contributed by atoms with Gasteiger partial charge in [0.2, 0.25) is 0 Å². The number of nitrogens with zero attached hydrogens (tertiary/aromatic N) is 5. The first-order valence-corrected chi connectivity index (χ1v) is 11.4. The molecular formula is C25H24ClN5O2. The maximum Gasteiger partial charge on any atom is 0.278 e. The molecule has 1 aliphatic rings. The topological polar surface area (TPSA) is 82.8 Å². The summed E-state index contributed by atoms with van der Waals surface area (Å²) in [6.45, 7) is 6.29. The highest BCUT2D eigenvalue weighted by Crippen LogP contribution is 2.36. The first-order chi connectivity index (χ1) is 15.9. The van der Waals surface area contributed by atoms with Gasteiger partial charge in [-0.1, -0.05) is 11.6 Å². The van der Waals surface area contributed by atoms with Crippen molar-refractivity contribution < 1.29 is 4.74 Å². The maximum atomic E-state index is 13.8. The molecule has 5 rings (SSSR count). The van der Waals surface area contributed by atoms with Crippen molar-refractivity contribution in [3.63, 3.8) is 0 Å². The minimum Gasteiger partial charge on any atom is -0.373 e. The lowest BCUT2D eigenvalue weighted by molar-refractivity contribution is 0.00435. The van der Waals surface area contributed by atoms with E-state index < -0.39 is 0 Å². The Bertz CT molecular complexity index is 1400. The molecule has 0 saturated carbocycles. The number of aromatic nitrogens is 5. The third-order valence-corrected chi connectivity index (χ3v) is 6.43. The third-order valence-electron chi connectivity index (χ3n) is 6.18. The minimum atomic E-state index is -0.182. The van der Waals surface area contributed by atoms with Crippen molar-refractivity contribution in [1.82, 2.24) is 24.5 Å². The van der Waals surface area contributed by atoms with Gasteiger partial charge in [-0.25, -0.2) is 15.0 Å². The van der Waals surface area contributed by atoms with E-state index in [1.54, 1.807) is 22.9 Å². The Morgan fingerprint density at radius 1 is 1.03 bits per heavy atom. The van der Waals surface area contributed by atoms with Crippen LogP contribution in [-0.4, -0.2) is 31.1 Å². The van der Waals surface area contributed by atoms with Gasteiger partial charge in [0.15, 0.2) is 11.3 Å². The summed E-state index contributed by atoms with van der Waals surface area (Å²) in [4.78, 5) is 32.2. The molecule has 33 heavy (non-hydrogen) atoms. The lowest BCUT2D eigenvalue weighted by Crippen LogP contribution is -2.30. The minimum absolute atomic E-state index is 0.0592. The van der Waals surface area contributed by atoms with Crippen LogP contribution in [0.4, 0.5) is 0 Å². The molecule has 0 radical (unpaired) electrons. The second-order valence-electron chi connectivity index (χ2n) is 8.47. The molecule has 1 saturated heterocycles. The van der Waals surface area contributed by atoms with E-state index in [0.717, 1.165) is 22.6 Å². The van der Waals surface area contributed by atoms with Gasteiger partial charge in [0.05, 0.1) is 23.2 Å². The van der Waals surface area contributed by atoms with Crippen LogP contribution >= 0.6 is 11.6 Å². The molecule has 0 unspecified atom stereocenters. The van der Waals surface area contributed by atoms with Crippen LogP contribution in [0.1, 0.15) is 53.2 Å². The molecule has 3 aromatic heterocycles. The number of pyridine rings is 1. The molecule has 7 nitrogen and oxygen atoms in total. The molecule has 0 aliphatic carbocycles. The lowest BCUT2D eigenvalue weighted by atomic mass is 9.89. The summed E-state index contributed by atoms with van der Waals surface area (Å²) in [5.74, 6) is -0.0592. The number of aryl methyl sites for hydroxylation is 3. The largest absolute Gasteiger partial charge is 0.373 e. The van der Waals surface area contributed by atoms with Gasteiger partial charge < -0.3 is 4.74 Å². The molecule has 0 amide bonds. The Kier molecular flexibility index (Phi) is 5.68. The van der Waals surface area contributed by atoms with E-state index in [4.69, 9.17) is 21.3 Å². The normalized spacial score (nSPS) is 18.5. The van der Waals surface area contributed by atoms with Gasteiger partial charge >= 0.3 is 0 Å². The summed E-state index contributed by atoms with van der Waals surface area (Å²) >= 11 is 6.10. The first-order valence-electron chi connectivity index (χ1n) is 11.0. The van der Waals surface area contributed by atoms with E-state index in [1.807, 2.05) is 45.0 Å². The summed E-state index contributed by atoms with van der Waals surface area (Å²) in [5, 5.41) is 0.600. The van der Waals surface area contributed by atoms with Crippen LogP contribution in [-0.2, 0) is 4.74 Å².